The second-order valence-corrected chi connectivity index (χ2v) is 4.69. The Kier molecular flexibility index (Phi) is 5.25. The second-order valence-electron chi connectivity index (χ2n) is 4.69. The lowest BCUT2D eigenvalue weighted by molar-refractivity contribution is -0.131. The zero-order valence-corrected chi connectivity index (χ0v) is 13.2. The third-order valence-corrected chi connectivity index (χ3v) is 3.36. The smallest absolute Gasteiger partial charge is 0.328 e. The molecule has 2 rings (SSSR count). The SMILES string of the molecule is COc1ccc(C(=CC(=O)O)c2ccc(OC)c(OC)c2)cc1. The monoisotopic (exact) mass is 314 g/mol. The highest BCUT2D eigenvalue weighted by Gasteiger charge is 2.11. The molecule has 2 aromatic carbocycles. The second kappa shape index (κ2) is 7.35. The van der Waals surface area contributed by atoms with E-state index in [1.54, 1.807) is 44.6 Å². The molecule has 0 aromatic heterocycles. The molecule has 0 spiro atoms. The molecule has 0 radical (unpaired) electrons. The molecule has 2 aromatic rings. The number of hydrogen-bond donors (Lipinski definition) is 1. The van der Waals surface area contributed by atoms with Gasteiger partial charge in [-0.05, 0) is 41.0 Å². The average Bonchev–Trinajstić information content (AvgIpc) is 2.59. The Morgan fingerprint density at radius 1 is 0.870 bits per heavy atom. The first kappa shape index (κ1) is 16.4. The van der Waals surface area contributed by atoms with Crippen LogP contribution in [0.1, 0.15) is 11.1 Å². The molecule has 0 amide bonds. The minimum absolute atomic E-state index is 0.537. The largest absolute Gasteiger partial charge is 0.497 e. The summed E-state index contributed by atoms with van der Waals surface area (Å²) in [5.74, 6) is 0.803. The van der Waals surface area contributed by atoms with Gasteiger partial charge in [0.15, 0.2) is 11.5 Å². The highest BCUT2D eigenvalue weighted by molar-refractivity contribution is 5.95. The maximum Gasteiger partial charge on any atom is 0.328 e. The quantitative estimate of drug-likeness (QED) is 0.829. The first-order valence-corrected chi connectivity index (χ1v) is 6.90. The van der Waals surface area contributed by atoms with Crippen molar-refractivity contribution in [2.45, 2.75) is 0 Å². The van der Waals surface area contributed by atoms with Gasteiger partial charge in [-0.15, -0.1) is 0 Å². The first-order valence-electron chi connectivity index (χ1n) is 6.90. The molecule has 120 valence electrons. The Balaban J connectivity index is 2.53. The molecule has 0 saturated carbocycles. The third kappa shape index (κ3) is 3.83. The van der Waals surface area contributed by atoms with Gasteiger partial charge in [-0.25, -0.2) is 4.79 Å². The summed E-state index contributed by atoms with van der Waals surface area (Å²) in [6.45, 7) is 0. The first-order chi connectivity index (χ1) is 11.1. The van der Waals surface area contributed by atoms with Crippen molar-refractivity contribution in [3.8, 4) is 17.2 Å². The van der Waals surface area contributed by atoms with E-state index in [2.05, 4.69) is 0 Å². The average molecular weight is 314 g/mol. The molecule has 0 aliphatic carbocycles. The van der Waals surface area contributed by atoms with Crippen LogP contribution in [0.2, 0.25) is 0 Å². The van der Waals surface area contributed by atoms with Crippen LogP contribution >= 0.6 is 0 Å². The van der Waals surface area contributed by atoms with E-state index in [0.717, 1.165) is 11.1 Å². The van der Waals surface area contributed by atoms with Gasteiger partial charge in [0.2, 0.25) is 0 Å². The van der Waals surface area contributed by atoms with Crippen molar-refractivity contribution < 1.29 is 24.1 Å². The summed E-state index contributed by atoms with van der Waals surface area (Å²) in [4.78, 5) is 11.2. The Morgan fingerprint density at radius 2 is 1.48 bits per heavy atom. The maximum atomic E-state index is 11.2. The van der Waals surface area contributed by atoms with Gasteiger partial charge in [0.25, 0.3) is 0 Å². The van der Waals surface area contributed by atoms with Crippen LogP contribution in [-0.2, 0) is 4.79 Å². The van der Waals surface area contributed by atoms with Crippen molar-refractivity contribution in [3.63, 3.8) is 0 Å². The summed E-state index contributed by atoms with van der Waals surface area (Å²) < 4.78 is 15.6. The summed E-state index contributed by atoms with van der Waals surface area (Å²) in [6, 6.07) is 12.5. The third-order valence-electron chi connectivity index (χ3n) is 3.36. The van der Waals surface area contributed by atoms with Crippen LogP contribution in [0, 0.1) is 0 Å². The topological polar surface area (TPSA) is 65.0 Å². The Hall–Kier alpha value is -2.95. The summed E-state index contributed by atoms with van der Waals surface area (Å²) >= 11 is 0. The van der Waals surface area contributed by atoms with Crippen molar-refractivity contribution in [1.82, 2.24) is 0 Å². The lowest BCUT2D eigenvalue weighted by atomic mass is 9.97. The van der Waals surface area contributed by atoms with E-state index in [4.69, 9.17) is 14.2 Å². The van der Waals surface area contributed by atoms with Crippen LogP contribution < -0.4 is 14.2 Å². The molecular formula is C18H18O5. The van der Waals surface area contributed by atoms with E-state index < -0.39 is 5.97 Å². The normalized spacial score (nSPS) is 11.0. The number of aliphatic carboxylic acids is 1. The molecule has 1 N–H and O–H groups in total. The number of benzene rings is 2. The molecule has 0 atom stereocenters. The molecular weight excluding hydrogens is 296 g/mol. The lowest BCUT2D eigenvalue weighted by Gasteiger charge is -2.12. The number of carboxylic acid groups (broad SMARTS) is 1. The highest BCUT2D eigenvalue weighted by Crippen LogP contribution is 2.33. The molecule has 0 bridgehead atoms. The summed E-state index contributed by atoms with van der Waals surface area (Å²) in [5.41, 5.74) is 2.05. The fourth-order valence-electron chi connectivity index (χ4n) is 2.23. The number of rotatable bonds is 6. The molecule has 0 unspecified atom stereocenters. The number of hydrogen-bond acceptors (Lipinski definition) is 4. The van der Waals surface area contributed by atoms with Gasteiger partial charge in [-0.2, -0.15) is 0 Å². The van der Waals surface area contributed by atoms with Crippen molar-refractivity contribution in [1.29, 1.82) is 0 Å². The number of ether oxygens (including phenoxy) is 3. The van der Waals surface area contributed by atoms with Gasteiger partial charge in [0.1, 0.15) is 5.75 Å². The summed E-state index contributed by atoms with van der Waals surface area (Å²) in [7, 11) is 4.67. The van der Waals surface area contributed by atoms with Crippen molar-refractivity contribution in [2.24, 2.45) is 0 Å². The van der Waals surface area contributed by atoms with E-state index in [-0.39, 0.29) is 0 Å². The fraction of sp³-hybridized carbons (Fsp3) is 0.167. The van der Waals surface area contributed by atoms with E-state index in [1.165, 1.54) is 13.2 Å². The van der Waals surface area contributed by atoms with Gasteiger partial charge >= 0.3 is 5.97 Å². The Bertz CT molecular complexity index is 717. The van der Waals surface area contributed by atoms with E-state index >= 15 is 0 Å². The Labute approximate surface area is 134 Å². The van der Waals surface area contributed by atoms with Gasteiger partial charge < -0.3 is 19.3 Å². The number of carboxylic acids is 1. The zero-order chi connectivity index (χ0) is 16.8. The van der Waals surface area contributed by atoms with Gasteiger partial charge in [0.05, 0.1) is 21.3 Å². The van der Waals surface area contributed by atoms with Crippen molar-refractivity contribution in [3.05, 3.63) is 59.7 Å². The van der Waals surface area contributed by atoms with Crippen LogP contribution in [-0.4, -0.2) is 32.4 Å². The lowest BCUT2D eigenvalue weighted by Crippen LogP contribution is -1.97. The van der Waals surface area contributed by atoms with Crippen LogP contribution in [0.25, 0.3) is 5.57 Å². The Morgan fingerprint density at radius 3 is 2.00 bits per heavy atom. The molecule has 23 heavy (non-hydrogen) atoms. The standard InChI is InChI=1S/C18H18O5/c1-21-14-7-4-12(5-8-14)15(11-18(19)20)13-6-9-16(22-2)17(10-13)23-3/h4-11H,1-3H3,(H,19,20). The van der Waals surface area contributed by atoms with Gasteiger partial charge in [0, 0.05) is 6.08 Å². The van der Waals surface area contributed by atoms with Crippen LogP contribution in [0.15, 0.2) is 48.5 Å². The van der Waals surface area contributed by atoms with Crippen LogP contribution in [0.5, 0.6) is 17.2 Å². The van der Waals surface area contributed by atoms with Crippen molar-refractivity contribution in [2.75, 3.05) is 21.3 Å². The minimum Gasteiger partial charge on any atom is -0.497 e. The fourth-order valence-corrected chi connectivity index (χ4v) is 2.23. The predicted molar refractivity (Wildman–Crippen MR) is 87.3 cm³/mol. The molecule has 0 heterocycles. The van der Waals surface area contributed by atoms with Gasteiger partial charge in [-0.1, -0.05) is 18.2 Å². The maximum absolute atomic E-state index is 11.2. The summed E-state index contributed by atoms with van der Waals surface area (Å²) in [5, 5.41) is 9.18. The zero-order valence-electron chi connectivity index (χ0n) is 13.2. The van der Waals surface area contributed by atoms with Gasteiger partial charge in [-0.3, -0.25) is 0 Å². The molecule has 0 aliphatic heterocycles. The van der Waals surface area contributed by atoms with Crippen molar-refractivity contribution >= 4 is 11.5 Å². The van der Waals surface area contributed by atoms with E-state index in [0.29, 0.717) is 22.8 Å². The number of methoxy groups -OCH3 is 3. The predicted octanol–water partition coefficient (Wildman–Crippen LogP) is 3.23. The van der Waals surface area contributed by atoms with Crippen LogP contribution in [0.4, 0.5) is 0 Å². The van der Waals surface area contributed by atoms with E-state index in [9.17, 15) is 9.90 Å². The molecule has 5 nitrogen and oxygen atoms in total. The molecule has 0 aliphatic rings. The summed E-state index contributed by atoms with van der Waals surface area (Å²) in [6.07, 6.45) is 1.17. The molecule has 0 fully saturated rings. The molecule has 0 saturated heterocycles. The highest BCUT2D eigenvalue weighted by atomic mass is 16.5. The molecule has 5 heteroatoms. The van der Waals surface area contributed by atoms with Crippen LogP contribution in [0.3, 0.4) is 0 Å². The number of carbonyl (C=O) groups is 1. The van der Waals surface area contributed by atoms with E-state index in [1.807, 2.05) is 12.1 Å². The minimum atomic E-state index is -1.02.